The Bertz CT molecular complexity index is 226. The monoisotopic (exact) mass is 211 g/mol. The molecule has 0 aromatic rings. The van der Waals surface area contributed by atoms with E-state index in [9.17, 15) is 4.79 Å². The van der Waals surface area contributed by atoms with E-state index in [1.54, 1.807) is 0 Å². The lowest BCUT2D eigenvalue weighted by atomic mass is 9.90. The first-order valence-electron chi connectivity index (χ1n) is 6.19. The Labute approximate surface area is 91.5 Å². The predicted octanol–water partition coefficient (Wildman–Crippen LogP) is 1.20. The van der Waals surface area contributed by atoms with Crippen LogP contribution in [0.5, 0.6) is 0 Å². The van der Waals surface area contributed by atoms with Gasteiger partial charge in [-0.2, -0.15) is 0 Å². The average molecular weight is 211 g/mol. The molecule has 1 unspecified atom stereocenters. The Kier molecular flexibility index (Phi) is 3.76. The van der Waals surface area contributed by atoms with Crippen molar-refractivity contribution in [3.63, 3.8) is 0 Å². The average Bonchev–Trinajstić information content (AvgIpc) is 2.49. The van der Waals surface area contributed by atoms with Crippen molar-refractivity contribution < 1.29 is 9.90 Å². The maximum Gasteiger partial charge on any atom is 0.137 e. The Balaban J connectivity index is 1.84. The maximum atomic E-state index is 11.6. The summed E-state index contributed by atoms with van der Waals surface area (Å²) in [5.74, 6) is 0.703. The zero-order chi connectivity index (χ0) is 10.7. The number of ketones is 1. The molecule has 2 rings (SSSR count). The third kappa shape index (κ3) is 2.58. The number of aliphatic hydroxyl groups excluding tert-OH is 1. The predicted molar refractivity (Wildman–Crippen MR) is 58.6 cm³/mol. The highest BCUT2D eigenvalue weighted by Gasteiger charge is 2.31. The zero-order valence-corrected chi connectivity index (χ0v) is 9.32. The molecule has 0 radical (unpaired) electrons. The minimum Gasteiger partial charge on any atom is -0.395 e. The first kappa shape index (κ1) is 11.1. The lowest BCUT2D eigenvalue weighted by Gasteiger charge is -2.38. The number of carbonyl (C=O) groups is 1. The topological polar surface area (TPSA) is 40.5 Å². The SMILES string of the molecule is O=C1CCCC1CN(CCO)C1CCC1. The van der Waals surface area contributed by atoms with Crippen LogP contribution in [-0.4, -0.2) is 41.5 Å². The summed E-state index contributed by atoms with van der Waals surface area (Å²) < 4.78 is 0. The van der Waals surface area contributed by atoms with E-state index in [0.29, 0.717) is 11.8 Å². The van der Waals surface area contributed by atoms with Gasteiger partial charge in [0.25, 0.3) is 0 Å². The number of nitrogens with zero attached hydrogens (tertiary/aromatic N) is 1. The van der Waals surface area contributed by atoms with Crippen LogP contribution in [0.2, 0.25) is 0 Å². The summed E-state index contributed by atoms with van der Waals surface area (Å²) in [6, 6.07) is 0.644. The summed E-state index contributed by atoms with van der Waals surface area (Å²) >= 11 is 0. The third-order valence-electron chi connectivity index (χ3n) is 3.86. The van der Waals surface area contributed by atoms with Gasteiger partial charge in [-0.3, -0.25) is 9.69 Å². The van der Waals surface area contributed by atoms with Crippen molar-refractivity contribution >= 4 is 5.78 Å². The van der Waals surface area contributed by atoms with E-state index in [0.717, 1.165) is 32.4 Å². The third-order valence-corrected chi connectivity index (χ3v) is 3.86. The second kappa shape index (κ2) is 5.08. The zero-order valence-electron chi connectivity index (χ0n) is 9.32. The summed E-state index contributed by atoms with van der Waals surface area (Å²) in [5, 5.41) is 9.02. The molecular weight excluding hydrogens is 190 g/mol. The molecule has 15 heavy (non-hydrogen) atoms. The minimum absolute atomic E-state index is 0.220. The molecule has 2 aliphatic carbocycles. The van der Waals surface area contributed by atoms with Crippen LogP contribution in [0.15, 0.2) is 0 Å². The molecule has 0 amide bonds. The van der Waals surface area contributed by atoms with Crippen LogP contribution in [0.1, 0.15) is 38.5 Å². The Morgan fingerprint density at radius 3 is 2.53 bits per heavy atom. The molecule has 86 valence electrons. The second-order valence-electron chi connectivity index (χ2n) is 4.86. The van der Waals surface area contributed by atoms with Gasteiger partial charge in [-0.05, 0) is 25.7 Å². The van der Waals surface area contributed by atoms with Crippen LogP contribution in [0.4, 0.5) is 0 Å². The molecule has 3 nitrogen and oxygen atoms in total. The number of carbonyl (C=O) groups excluding carboxylic acids is 1. The van der Waals surface area contributed by atoms with Crippen LogP contribution < -0.4 is 0 Å². The Morgan fingerprint density at radius 1 is 1.27 bits per heavy atom. The van der Waals surface area contributed by atoms with E-state index in [4.69, 9.17) is 5.11 Å². The fraction of sp³-hybridized carbons (Fsp3) is 0.917. The molecule has 2 saturated carbocycles. The molecule has 2 aliphatic rings. The van der Waals surface area contributed by atoms with E-state index in [1.807, 2.05) is 0 Å². The van der Waals surface area contributed by atoms with Gasteiger partial charge in [-0.1, -0.05) is 6.42 Å². The second-order valence-corrected chi connectivity index (χ2v) is 4.86. The first-order valence-corrected chi connectivity index (χ1v) is 6.19. The Morgan fingerprint density at radius 2 is 2.07 bits per heavy atom. The van der Waals surface area contributed by atoms with Crippen LogP contribution >= 0.6 is 0 Å². The van der Waals surface area contributed by atoms with E-state index in [2.05, 4.69) is 4.90 Å². The molecular formula is C12H21NO2. The van der Waals surface area contributed by atoms with Gasteiger partial charge in [-0.25, -0.2) is 0 Å². The van der Waals surface area contributed by atoms with Crippen molar-refractivity contribution in [2.45, 2.75) is 44.6 Å². The van der Waals surface area contributed by atoms with Gasteiger partial charge < -0.3 is 5.11 Å². The number of Topliss-reactive ketones (excluding diaryl/α,β-unsaturated/α-hetero) is 1. The first-order chi connectivity index (χ1) is 7.31. The highest BCUT2D eigenvalue weighted by Crippen LogP contribution is 2.28. The van der Waals surface area contributed by atoms with E-state index in [-0.39, 0.29) is 12.5 Å². The quantitative estimate of drug-likeness (QED) is 0.743. The minimum atomic E-state index is 0.220. The lowest BCUT2D eigenvalue weighted by molar-refractivity contribution is -0.121. The van der Waals surface area contributed by atoms with Crippen molar-refractivity contribution in [3.8, 4) is 0 Å². The number of rotatable bonds is 5. The van der Waals surface area contributed by atoms with Crippen molar-refractivity contribution in [1.29, 1.82) is 0 Å². The van der Waals surface area contributed by atoms with Gasteiger partial charge in [-0.15, -0.1) is 0 Å². The van der Waals surface area contributed by atoms with E-state index < -0.39 is 0 Å². The van der Waals surface area contributed by atoms with Gasteiger partial charge >= 0.3 is 0 Å². The van der Waals surface area contributed by atoms with Gasteiger partial charge in [0, 0.05) is 31.5 Å². The lowest BCUT2D eigenvalue weighted by Crippen LogP contribution is -2.44. The van der Waals surface area contributed by atoms with Crippen LogP contribution in [-0.2, 0) is 4.79 Å². The molecule has 1 atom stereocenters. The molecule has 3 heteroatoms. The van der Waals surface area contributed by atoms with E-state index >= 15 is 0 Å². The molecule has 0 aromatic heterocycles. The summed E-state index contributed by atoms with van der Waals surface area (Å²) in [6.45, 7) is 1.86. The normalized spacial score (nSPS) is 27.3. The standard InChI is InChI=1S/C12H21NO2/c14-8-7-13(11-4-2-5-11)9-10-3-1-6-12(10)15/h10-11,14H,1-9H2. The molecule has 0 aliphatic heterocycles. The van der Waals surface area contributed by atoms with Gasteiger partial charge in [0.1, 0.15) is 5.78 Å². The van der Waals surface area contributed by atoms with Gasteiger partial charge in [0.05, 0.1) is 6.61 Å². The molecule has 0 bridgehead atoms. The molecule has 0 heterocycles. The molecule has 2 fully saturated rings. The molecule has 0 aromatic carbocycles. The highest BCUT2D eigenvalue weighted by atomic mass is 16.3. The molecule has 0 spiro atoms. The van der Waals surface area contributed by atoms with Crippen molar-refractivity contribution in [2.24, 2.45) is 5.92 Å². The number of aliphatic hydroxyl groups is 1. The Hall–Kier alpha value is -0.410. The summed E-state index contributed by atoms with van der Waals surface area (Å²) in [4.78, 5) is 13.9. The van der Waals surface area contributed by atoms with Crippen LogP contribution in [0.3, 0.4) is 0 Å². The van der Waals surface area contributed by atoms with Crippen molar-refractivity contribution in [1.82, 2.24) is 4.90 Å². The largest absolute Gasteiger partial charge is 0.395 e. The summed E-state index contributed by atoms with van der Waals surface area (Å²) in [5.41, 5.74) is 0. The molecule has 0 saturated heterocycles. The fourth-order valence-corrected chi connectivity index (χ4v) is 2.67. The van der Waals surface area contributed by atoms with Gasteiger partial charge in [0.2, 0.25) is 0 Å². The number of hydrogen-bond acceptors (Lipinski definition) is 3. The highest BCUT2D eigenvalue weighted by molar-refractivity contribution is 5.83. The summed E-state index contributed by atoms with van der Waals surface area (Å²) in [7, 11) is 0. The fourth-order valence-electron chi connectivity index (χ4n) is 2.67. The smallest absolute Gasteiger partial charge is 0.137 e. The number of hydrogen-bond donors (Lipinski definition) is 1. The van der Waals surface area contributed by atoms with Crippen molar-refractivity contribution in [3.05, 3.63) is 0 Å². The van der Waals surface area contributed by atoms with Gasteiger partial charge in [0.15, 0.2) is 0 Å². The van der Waals surface area contributed by atoms with E-state index in [1.165, 1.54) is 19.3 Å². The maximum absolute atomic E-state index is 11.6. The van der Waals surface area contributed by atoms with Crippen LogP contribution in [0, 0.1) is 5.92 Å². The van der Waals surface area contributed by atoms with Crippen LogP contribution in [0.25, 0.3) is 0 Å². The molecule has 1 N–H and O–H groups in total. The summed E-state index contributed by atoms with van der Waals surface area (Å²) in [6.07, 6.45) is 6.73. The van der Waals surface area contributed by atoms with Crippen molar-refractivity contribution in [2.75, 3.05) is 19.7 Å².